The summed E-state index contributed by atoms with van der Waals surface area (Å²) in [5.74, 6) is 0. The number of rotatable bonds is 2. The maximum absolute atomic E-state index is 9.02. The van der Waals surface area contributed by atoms with Gasteiger partial charge in [-0.3, -0.25) is 0 Å². The van der Waals surface area contributed by atoms with Crippen molar-refractivity contribution in [2.24, 2.45) is 5.16 Å². The van der Waals surface area contributed by atoms with Crippen LogP contribution in [0.4, 0.5) is 0 Å². The van der Waals surface area contributed by atoms with Gasteiger partial charge in [-0.1, -0.05) is 71.9 Å². The van der Waals surface area contributed by atoms with Crippen LogP contribution < -0.4 is 0 Å². The first-order chi connectivity index (χ1) is 8.83. The average molecular weight is 239 g/mol. The summed E-state index contributed by atoms with van der Waals surface area (Å²) in [6.45, 7) is 5.25. The predicted molar refractivity (Wildman–Crippen MR) is 76.2 cm³/mol. The summed E-state index contributed by atoms with van der Waals surface area (Å²) in [5, 5.41) is 12.4. The molecule has 0 heterocycles. The molecule has 0 saturated heterocycles. The predicted octanol–water partition coefficient (Wildman–Crippen LogP) is 4.11. The highest BCUT2D eigenvalue weighted by molar-refractivity contribution is 6.12. The minimum Gasteiger partial charge on any atom is -0.410 e. The molecule has 18 heavy (non-hydrogen) atoms. The van der Waals surface area contributed by atoms with Crippen LogP contribution in [0.25, 0.3) is 0 Å². The van der Waals surface area contributed by atoms with E-state index >= 15 is 0 Å². The van der Waals surface area contributed by atoms with Gasteiger partial charge in [0.25, 0.3) is 0 Å². The molecule has 0 fully saturated rings. The van der Waals surface area contributed by atoms with Crippen molar-refractivity contribution in [3.8, 4) is 0 Å². The molecule has 0 aliphatic rings. The monoisotopic (exact) mass is 239 g/mol. The SMILES string of the molecule is C=CC.ON=C(c1ccccc1)c1ccccc1. The van der Waals surface area contributed by atoms with E-state index < -0.39 is 0 Å². The molecule has 0 bridgehead atoms. The number of nitrogens with zero attached hydrogens (tertiary/aromatic N) is 1. The topological polar surface area (TPSA) is 32.6 Å². The fourth-order valence-corrected chi connectivity index (χ4v) is 1.47. The van der Waals surface area contributed by atoms with Gasteiger partial charge in [-0.2, -0.15) is 0 Å². The molecule has 2 rings (SSSR count). The Hall–Kier alpha value is -2.35. The number of hydrogen-bond donors (Lipinski definition) is 1. The van der Waals surface area contributed by atoms with E-state index in [9.17, 15) is 0 Å². The lowest BCUT2D eigenvalue weighted by Crippen LogP contribution is -2.02. The van der Waals surface area contributed by atoms with Crippen LogP contribution in [0, 0.1) is 0 Å². The van der Waals surface area contributed by atoms with Crippen LogP contribution in [-0.2, 0) is 0 Å². The fraction of sp³-hybridized carbons (Fsp3) is 0.0625. The molecule has 1 N–H and O–H groups in total. The van der Waals surface area contributed by atoms with Gasteiger partial charge in [0.1, 0.15) is 5.71 Å². The average Bonchev–Trinajstić information content (AvgIpc) is 2.43. The van der Waals surface area contributed by atoms with Gasteiger partial charge in [0.15, 0.2) is 0 Å². The highest BCUT2D eigenvalue weighted by Gasteiger charge is 2.05. The van der Waals surface area contributed by atoms with E-state index in [0.29, 0.717) is 5.71 Å². The first-order valence-corrected chi connectivity index (χ1v) is 5.73. The van der Waals surface area contributed by atoms with E-state index in [0.717, 1.165) is 11.1 Å². The molecule has 0 radical (unpaired) electrons. The van der Waals surface area contributed by atoms with E-state index in [4.69, 9.17) is 5.21 Å². The number of allylic oxidation sites excluding steroid dienone is 1. The van der Waals surface area contributed by atoms with Gasteiger partial charge in [-0.25, -0.2) is 0 Å². The Morgan fingerprint density at radius 2 is 1.28 bits per heavy atom. The first kappa shape index (κ1) is 13.7. The van der Waals surface area contributed by atoms with Crippen LogP contribution in [0.15, 0.2) is 78.5 Å². The summed E-state index contributed by atoms with van der Waals surface area (Å²) in [7, 11) is 0. The minimum absolute atomic E-state index is 0.594. The zero-order valence-electron chi connectivity index (χ0n) is 10.5. The molecule has 2 heteroatoms. The van der Waals surface area contributed by atoms with E-state index in [-0.39, 0.29) is 0 Å². The normalized spacial score (nSPS) is 8.72. The maximum Gasteiger partial charge on any atom is 0.117 e. The Kier molecular flexibility index (Phi) is 5.98. The van der Waals surface area contributed by atoms with E-state index in [1.807, 2.05) is 67.6 Å². The molecular weight excluding hydrogens is 222 g/mol. The van der Waals surface area contributed by atoms with Crippen LogP contribution in [0.1, 0.15) is 18.1 Å². The zero-order chi connectivity index (χ0) is 13.2. The lowest BCUT2D eigenvalue weighted by atomic mass is 10.0. The van der Waals surface area contributed by atoms with Gasteiger partial charge in [0, 0.05) is 11.1 Å². The zero-order valence-corrected chi connectivity index (χ0v) is 10.5. The second kappa shape index (κ2) is 7.85. The standard InChI is InChI=1S/C13H11NO.C3H6/c15-14-13(11-7-3-1-4-8-11)12-9-5-2-6-10-12;1-3-2/h1-10,15H;3H,1H2,2H3. The molecule has 0 saturated carbocycles. The fourth-order valence-electron chi connectivity index (χ4n) is 1.47. The third-order valence-corrected chi connectivity index (χ3v) is 2.19. The largest absolute Gasteiger partial charge is 0.410 e. The highest BCUT2D eigenvalue weighted by atomic mass is 16.4. The van der Waals surface area contributed by atoms with Crippen LogP contribution in [0.2, 0.25) is 0 Å². The van der Waals surface area contributed by atoms with Crippen molar-refractivity contribution in [3.63, 3.8) is 0 Å². The summed E-state index contributed by atoms with van der Waals surface area (Å²) in [4.78, 5) is 0. The molecule has 0 amide bonds. The molecule has 0 spiro atoms. The van der Waals surface area contributed by atoms with Crippen LogP contribution in [0.3, 0.4) is 0 Å². The van der Waals surface area contributed by atoms with Gasteiger partial charge in [0.2, 0.25) is 0 Å². The second-order valence-corrected chi connectivity index (χ2v) is 3.59. The van der Waals surface area contributed by atoms with E-state index in [1.165, 1.54) is 0 Å². The van der Waals surface area contributed by atoms with Crippen LogP contribution in [-0.4, -0.2) is 10.9 Å². The van der Waals surface area contributed by atoms with Crippen molar-refractivity contribution >= 4 is 5.71 Å². The molecule has 0 unspecified atom stereocenters. The van der Waals surface area contributed by atoms with Gasteiger partial charge in [0.05, 0.1) is 0 Å². The van der Waals surface area contributed by atoms with Crippen molar-refractivity contribution < 1.29 is 5.21 Å². The van der Waals surface area contributed by atoms with E-state index in [2.05, 4.69) is 11.7 Å². The summed E-state index contributed by atoms with van der Waals surface area (Å²) in [6, 6.07) is 19.2. The van der Waals surface area contributed by atoms with Crippen molar-refractivity contribution in [2.75, 3.05) is 0 Å². The Labute approximate surface area is 108 Å². The van der Waals surface area contributed by atoms with Crippen LogP contribution in [0.5, 0.6) is 0 Å². The Bertz CT molecular complexity index is 448. The highest BCUT2D eigenvalue weighted by Crippen LogP contribution is 2.09. The first-order valence-electron chi connectivity index (χ1n) is 5.73. The maximum atomic E-state index is 9.02. The molecule has 0 aliphatic carbocycles. The smallest absolute Gasteiger partial charge is 0.117 e. The summed E-state index contributed by atoms with van der Waals surface area (Å²) in [6.07, 6.45) is 1.75. The minimum atomic E-state index is 0.594. The van der Waals surface area contributed by atoms with E-state index in [1.54, 1.807) is 6.08 Å². The van der Waals surface area contributed by atoms with Crippen LogP contribution >= 0.6 is 0 Å². The lowest BCUT2D eigenvalue weighted by molar-refractivity contribution is 0.319. The second-order valence-electron chi connectivity index (χ2n) is 3.59. The van der Waals surface area contributed by atoms with Crippen molar-refractivity contribution in [2.45, 2.75) is 6.92 Å². The van der Waals surface area contributed by atoms with Gasteiger partial charge >= 0.3 is 0 Å². The molecule has 0 aromatic heterocycles. The van der Waals surface area contributed by atoms with Gasteiger partial charge in [-0.15, -0.1) is 6.58 Å². The van der Waals surface area contributed by atoms with Gasteiger partial charge in [-0.05, 0) is 6.92 Å². The molecular formula is C16H17NO. The third kappa shape index (κ3) is 3.91. The van der Waals surface area contributed by atoms with Crippen molar-refractivity contribution in [3.05, 3.63) is 84.4 Å². The number of hydrogen-bond acceptors (Lipinski definition) is 2. The Balaban J connectivity index is 0.000000492. The molecule has 2 aromatic rings. The number of oxime groups is 1. The molecule has 2 aromatic carbocycles. The summed E-state index contributed by atoms with van der Waals surface area (Å²) in [5.41, 5.74) is 2.41. The third-order valence-electron chi connectivity index (χ3n) is 2.19. The summed E-state index contributed by atoms with van der Waals surface area (Å²) >= 11 is 0. The molecule has 0 atom stereocenters. The molecule has 0 aliphatic heterocycles. The summed E-state index contributed by atoms with van der Waals surface area (Å²) < 4.78 is 0. The van der Waals surface area contributed by atoms with Gasteiger partial charge < -0.3 is 5.21 Å². The molecule has 92 valence electrons. The Morgan fingerprint density at radius 1 is 0.944 bits per heavy atom. The number of benzene rings is 2. The molecule has 2 nitrogen and oxygen atoms in total. The van der Waals surface area contributed by atoms with Crippen molar-refractivity contribution in [1.82, 2.24) is 0 Å². The van der Waals surface area contributed by atoms with Crippen molar-refractivity contribution in [1.29, 1.82) is 0 Å². The quantitative estimate of drug-likeness (QED) is 0.364. The lowest BCUT2D eigenvalue weighted by Gasteiger charge is -2.03. The Morgan fingerprint density at radius 3 is 1.56 bits per heavy atom.